The number of rotatable bonds is 2. The highest BCUT2D eigenvalue weighted by Gasteiger charge is 2.28. The summed E-state index contributed by atoms with van der Waals surface area (Å²) in [4.78, 5) is 26.1. The summed E-state index contributed by atoms with van der Waals surface area (Å²) in [6.45, 7) is 0.272. The molecule has 0 bridgehead atoms. The number of carbonyl (C=O) groups excluding carboxylic acids is 2. The van der Waals surface area contributed by atoms with Crippen molar-refractivity contribution < 1.29 is 18.7 Å². The highest BCUT2D eigenvalue weighted by atomic mass is 19.1. The third-order valence-corrected chi connectivity index (χ3v) is 3.68. The van der Waals surface area contributed by atoms with E-state index in [1.807, 2.05) is 0 Å². The van der Waals surface area contributed by atoms with Crippen LogP contribution in [0, 0.1) is 5.82 Å². The van der Waals surface area contributed by atoms with Crippen molar-refractivity contribution in [2.24, 2.45) is 0 Å². The number of hydrogen-bond acceptors (Lipinski definition) is 3. The first kappa shape index (κ1) is 14.3. The molecule has 3 rings (SSSR count). The zero-order chi connectivity index (χ0) is 15.7. The predicted octanol–water partition coefficient (Wildman–Crippen LogP) is 3.07. The smallest absolute Gasteiger partial charge is 0.258 e. The van der Waals surface area contributed by atoms with E-state index in [2.05, 4.69) is 0 Å². The summed E-state index contributed by atoms with van der Waals surface area (Å²) in [5, 5.41) is 0. The minimum Gasteiger partial charge on any atom is -0.497 e. The van der Waals surface area contributed by atoms with Crippen LogP contribution in [-0.4, -0.2) is 25.3 Å². The molecule has 0 spiro atoms. The van der Waals surface area contributed by atoms with Gasteiger partial charge in [0.25, 0.3) is 5.91 Å². The Balaban J connectivity index is 2.04. The minimum absolute atomic E-state index is 0.0130. The Kier molecular flexibility index (Phi) is 3.63. The summed E-state index contributed by atoms with van der Waals surface area (Å²) in [7, 11) is 1.52. The van der Waals surface area contributed by atoms with Crippen molar-refractivity contribution >= 4 is 17.4 Å². The number of benzene rings is 2. The predicted molar refractivity (Wildman–Crippen MR) is 80.0 cm³/mol. The van der Waals surface area contributed by atoms with Crippen molar-refractivity contribution in [3.63, 3.8) is 0 Å². The third-order valence-electron chi connectivity index (χ3n) is 3.68. The lowest BCUT2D eigenvalue weighted by molar-refractivity contribution is 0.0955. The largest absolute Gasteiger partial charge is 0.497 e. The van der Waals surface area contributed by atoms with Crippen molar-refractivity contribution in [2.75, 3.05) is 18.6 Å². The van der Waals surface area contributed by atoms with Crippen LogP contribution >= 0.6 is 0 Å². The summed E-state index contributed by atoms with van der Waals surface area (Å²) >= 11 is 0. The summed E-state index contributed by atoms with van der Waals surface area (Å²) in [6, 6.07) is 10.5. The van der Waals surface area contributed by atoms with Gasteiger partial charge in [-0.3, -0.25) is 9.59 Å². The Morgan fingerprint density at radius 2 is 2.05 bits per heavy atom. The van der Waals surface area contributed by atoms with Crippen molar-refractivity contribution in [3.05, 3.63) is 59.4 Å². The Hall–Kier alpha value is -2.69. The van der Waals surface area contributed by atoms with Gasteiger partial charge in [-0.2, -0.15) is 0 Å². The molecule has 112 valence electrons. The SMILES string of the molecule is COc1ccc2c(c1)N(C(=O)c1cccc(F)c1)CCC2=O. The molecule has 1 heterocycles. The van der Waals surface area contributed by atoms with E-state index in [1.165, 1.54) is 30.2 Å². The molecule has 0 N–H and O–H groups in total. The second-order valence-corrected chi connectivity index (χ2v) is 5.02. The average molecular weight is 299 g/mol. The summed E-state index contributed by atoms with van der Waals surface area (Å²) in [5.74, 6) is -0.252. The maximum atomic E-state index is 13.3. The van der Waals surface area contributed by atoms with Crippen LogP contribution in [0.15, 0.2) is 42.5 Å². The number of ether oxygens (including phenoxy) is 1. The quantitative estimate of drug-likeness (QED) is 0.856. The van der Waals surface area contributed by atoms with Crippen LogP contribution < -0.4 is 9.64 Å². The van der Waals surface area contributed by atoms with Gasteiger partial charge in [-0.25, -0.2) is 4.39 Å². The van der Waals surface area contributed by atoms with E-state index in [9.17, 15) is 14.0 Å². The van der Waals surface area contributed by atoms with E-state index < -0.39 is 5.82 Å². The Morgan fingerprint density at radius 3 is 2.77 bits per heavy atom. The van der Waals surface area contributed by atoms with E-state index in [4.69, 9.17) is 4.74 Å². The summed E-state index contributed by atoms with van der Waals surface area (Å²) in [5.41, 5.74) is 1.24. The van der Waals surface area contributed by atoms with E-state index in [0.29, 0.717) is 17.0 Å². The van der Waals surface area contributed by atoms with Crippen LogP contribution in [0.4, 0.5) is 10.1 Å². The molecule has 0 saturated carbocycles. The number of halogens is 1. The molecule has 0 atom stereocenters. The highest BCUT2D eigenvalue weighted by molar-refractivity contribution is 6.13. The first-order valence-electron chi connectivity index (χ1n) is 6.89. The zero-order valence-corrected chi connectivity index (χ0v) is 12.0. The van der Waals surface area contributed by atoms with Gasteiger partial charge in [0.15, 0.2) is 5.78 Å². The molecule has 22 heavy (non-hydrogen) atoms. The van der Waals surface area contributed by atoms with Gasteiger partial charge in [0, 0.05) is 30.2 Å². The molecule has 1 aliphatic rings. The monoisotopic (exact) mass is 299 g/mol. The molecular formula is C17H14FNO3. The molecule has 5 heteroatoms. The topological polar surface area (TPSA) is 46.6 Å². The first-order chi connectivity index (χ1) is 10.6. The molecule has 0 fully saturated rings. The fourth-order valence-electron chi connectivity index (χ4n) is 2.55. The molecule has 0 unspecified atom stereocenters. The van der Waals surface area contributed by atoms with E-state index in [0.717, 1.165) is 0 Å². The van der Waals surface area contributed by atoms with Gasteiger partial charge in [-0.15, -0.1) is 0 Å². The number of amides is 1. The van der Waals surface area contributed by atoms with E-state index in [1.54, 1.807) is 24.3 Å². The Morgan fingerprint density at radius 1 is 1.23 bits per heavy atom. The lowest BCUT2D eigenvalue weighted by Crippen LogP contribution is -2.37. The number of ketones is 1. The van der Waals surface area contributed by atoms with Gasteiger partial charge in [-0.05, 0) is 30.3 Å². The van der Waals surface area contributed by atoms with Crippen LogP contribution in [0.1, 0.15) is 27.1 Å². The number of anilines is 1. The number of Topliss-reactive ketones (excluding diaryl/α,β-unsaturated/α-hetero) is 1. The van der Waals surface area contributed by atoms with Crippen molar-refractivity contribution in [1.82, 2.24) is 0 Å². The standard InChI is InChI=1S/C17H14FNO3/c1-22-13-5-6-14-15(10-13)19(8-7-16(14)20)17(21)11-3-2-4-12(18)9-11/h2-6,9-10H,7-8H2,1H3. The number of nitrogens with zero attached hydrogens (tertiary/aromatic N) is 1. The number of hydrogen-bond donors (Lipinski definition) is 0. The number of carbonyl (C=O) groups is 2. The molecule has 2 aromatic carbocycles. The number of methoxy groups -OCH3 is 1. The molecule has 0 aliphatic carbocycles. The fourth-order valence-corrected chi connectivity index (χ4v) is 2.55. The molecule has 1 amide bonds. The molecule has 4 nitrogen and oxygen atoms in total. The molecule has 0 aromatic heterocycles. The maximum Gasteiger partial charge on any atom is 0.258 e. The van der Waals surface area contributed by atoms with Crippen LogP contribution in [0.25, 0.3) is 0 Å². The second-order valence-electron chi connectivity index (χ2n) is 5.02. The maximum absolute atomic E-state index is 13.3. The van der Waals surface area contributed by atoms with Crippen LogP contribution in [-0.2, 0) is 0 Å². The van der Waals surface area contributed by atoms with Crippen molar-refractivity contribution in [3.8, 4) is 5.75 Å². The molecule has 0 saturated heterocycles. The summed E-state index contributed by atoms with van der Waals surface area (Å²) < 4.78 is 18.5. The second kappa shape index (κ2) is 5.60. The van der Waals surface area contributed by atoms with Gasteiger partial charge < -0.3 is 9.64 Å². The van der Waals surface area contributed by atoms with Gasteiger partial charge in [-0.1, -0.05) is 6.07 Å². The summed E-state index contributed by atoms with van der Waals surface area (Å²) in [6.07, 6.45) is 0.250. The normalized spacial score (nSPS) is 13.7. The molecule has 1 aliphatic heterocycles. The zero-order valence-electron chi connectivity index (χ0n) is 12.0. The lowest BCUT2D eigenvalue weighted by atomic mass is 9.99. The van der Waals surface area contributed by atoms with E-state index >= 15 is 0 Å². The van der Waals surface area contributed by atoms with Crippen LogP contribution in [0.2, 0.25) is 0 Å². The van der Waals surface area contributed by atoms with E-state index in [-0.39, 0.29) is 30.2 Å². The van der Waals surface area contributed by atoms with Gasteiger partial charge in [0.2, 0.25) is 0 Å². The Bertz CT molecular complexity index is 757. The first-order valence-corrected chi connectivity index (χ1v) is 6.89. The molecule has 2 aromatic rings. The third kappa shape index (κ3) is 2.45. The Labute approximate surface area is 127 Å². The van der Waals surface area contributed by atoms with Gasteiger partial charge >= 0.3 is 0 Å². The van der Waals surface area contributed by atoms with Crippen molar-refractivity contribution in [2.45, 2.75) is 6.42 Å². The fraction of sp³-hybridized carbons (Fsp3) is 0.176. The average Bonchev–Trinajstić information content (AvgIpc) is 2.54. The van der Waals surface area contributed by atoms with Crippen LogP contribution in [0.5, 0.6) is 5.75 Å². The number of fused-ring (bicyclic) bond motifs is 1. The molecular weight excluding hydrogens is 285 g/mol. The van der Waals surface area contributed by atoms with Gasteiger partial charge in [0.1, 0.15) is 11.6 Å². The van der Waals surface area contributed by atoms with Gasteiger partial charge in [0.05, 0.1) is 12.8 Å². The van der Waals surface area contributed by atoms with Crippen molar-refractivity contribution in [1.29, 1.82) is 0 Å². The highest BCUT2D eigenvalue weighted by Crippen LogP contribution is 2.32. The lowest BCUT2D eigenvalue weighted by Gasteiger charge is -2.29. The minimum atomic E-state index is -0.468. The van der Waals surface area contributed by atoms with Crippen LogP contribution in [0.3, 0.4) is 0 Å². The molecule has 0 radical (unpaired) electrons.